The molecular formula is C16H18ClNO4. The summed E-state index contributed by atoms with van der Waals surface area (Å²) in [4.78, 5) is 23.9. The number of hydrogen-bond donors (Lipinski definition) is 1. The molecule has 0 radical (unpaired) electrons. The van der Waals surface area contributed by atoms with Gasteiger partial charge in [0.1, 0.15) is 11.1 Å². The third kappa shape index (κ3) is 4.32. The van der Waals surface area contributed by atoms with Crippen LogP contribution in [0.2, 0.25) is 5.02 Å². The van der Waals surface area contributed by atoms with Crippen molar-refractivity contribution < 1.29 is 13.9 Å². The highest BCUT2D eigenvalue weighted by molar-refractivity contribution is 6.31. The van der Waals surface area contributed by atoms with Gasteiger partial charge in [0.15, 0.2) is 0 Å². The summed E-state index contributed by atoms with van der Waals surface area (Å²) in [6.45, 7) is 4.88. The van der Waals surface area contributed by atoms with Crippen molar-refractivity contribution in [1.82, 2.24) is 5.32 Å². The predicted molar refractivity (Wildman–Crippen MR) is 85.5 cm³/mol. The predicted octanol–water partition coefficient (Wildman–Crippen LogP) is 2.99. The number of benzene rings is 1. The van der Waals surface area contributed by atoms with Crippen LogP contribution in [0.15, 0.2) is 33.5 Å². The summed E-state index contributed by atoms with van der Waals surface area (Å²) in [5.74, 6) is -0.458. The molecule has 1 N–H and O–H groups in total. The number of halogens is 1. The second-order valence-electron chi connectivity index (χ2n) is 5.16. The first-order valence-corrected chi connectivity index (χ1v) is 7.48. The first kappa shape index (κ1) is 16.5. The van der Waals surface area contributed by atoms with E-state index >= 15 is 0 Å². The maximum atomic E-state index is 12.0. The van der Waals surface area contributed by atoms with Gasteiger partial charge in [0, 0.05) is 23.6 Å². The Hall–Kier alpha value is -1.85. The first-order chi connectivity index (χ1) is 10.5. The molecule has 2 aromatic rings. The van der Waals surface area contributed by atoms with Gasteiger partial charge in [-0.05, 0) is 44.5 Å². The molecule has 5 nitrogen and oxygen atoms in total. The van der Waals surface area contributed by atoms with Gasteiger partial charge in [-0.2, -0.15) is 0 Å². The summed E-state index contributed by atoms with van der Waals surface area (Å²) >= 11 is 5.90. The van der Waals surface area contributed by atoms with Crippen LogP contribution in [-0.2, 0) is 4.74 Å². The normalized spacial score (nSPS) is 11.1. The second-order valence-corrected chi connectivity index (χ2v) is 5.60. The highest BCUT2D eigenvalue weighted by Crippen LogP contribution is 2.18. The summed E-state index contributed by atoms with van der Waals surface area (Å²) < 4.78 is 10.5. The largest absolute Gasteiger partial charge is 0.422 e. The van der Waals surface area contributed by atoms with Crippen LogP contribution < -0.4 is 10.9 Å². The van der Waals surface area contributed by atoms with E-state index in [1.807, 2.05) is 13.8 Å². The van der Waals surface area contributed by atoms with Crippen LogP contribution in [0.4, 0.5) is 0 Å². The number of rotatable bonds is 6. The van der Waals surface area contributed by atoms with Crippen molar-refractivity contribution >= 4 is 28.5 Å². The lowest BCUT2D eigenvalue weighted by molar-refractivity contribution is 0.0757. The SMILES string of the molecule is CC(C)OCCCNC(=O)c1cc2cc(Cl)ccc2oc1=O. The van der Waals surface area contributed by atoms with E-state index in [4.69, 9.17) is 20.8 Å². The zero-order valence-electron chi connectivity index (χ0n) is 12.5. The van der Waals surface area contributed by atoms with Gasteiger partial charge in [0.25, 0.3) is 5.91 Å². The molecule has 1 aromatic carbocycles. The third-order valence-corrected chi connectivity index (χ3v) is 3.23. The van der Waals surface area contributed by atoms with E-state index in [0.29, 0.717) is 35.6 Å². The van der Waals surface area contributed by atoms with Crippen LogP contribution >= 0.6 is 11.6 Å². The summed E-state index contributed by atoms with van der Waals surface area (Å²) in [5, 5.41) is 3.80. The molecule has 0 aliphatic rings. The molecule has 0 saturated carbocycles. The molecule has 0 unspecified atom stereocenters. The van der Waals surface area contributed by atoms with Crippen molar-refractivity contribution in [1.29, 1.82) is 0 Å². The van der Waals surface area contributed by atoms with Gasteiger partial charge in [0.2, 0.25) is 0 Å². The minimum Gasteiger partial charge on any atom is -0.422 e. The monoisotopic (exact) mass is 323 g/mol. The van der Waals surface area contributed by atoms with E-state index in [1.54, 1.807) is 18.2 Å². The quantitative estimate of drug-likeness (QED) is 0.655. The Morgan fingerprint density at radius 2 is 2.14 bits per heavy atom. The zero-order valence-corrected chi connectivity index (χ0v) is 13.3. The third-order valence-electron chi connectivity index (χ3n) is 3.00. The van der Waals surface area contributed by atoms with E-state index in [-0.39, 0.29) is 11.7 Å². The average molecular weight is 324 g/mol. The van der Waals surface area contributed by atoms with Crippen LogP contribution in [0.5, 0.6) is 0 Å². The topological polar surface area (TPSA) is 68.5 Å². The Bertz CT molecular complexity index is 724. The lowest BCUT2D eigenvalue weighted by Gasteiger charge is -2.08. The zero-order chi connectivity index (χ0) is 16.1. The Morgan fingerprint density at radius 3 is 2.86 bits per heavy atom. The second kappa shape index (κ2) is 7.42. The Kier molecular flexibility index (Phi) is 5.57. The van der Waals surface area contributed by atoms with Crippen LogP contribution in [0.3, 0.4) is 0 Å². The number of ether oxygens (including phenoxy) is 1. The van der Waals surface area contributed by atoms with Crippen LogP contribution in [-0.4, -0.2) is 25.2 Å². The molecule has 0 fully saturated rings. The van der Waals surface area contributed by atoms with Gasteiger partial charge < -0.3 is 14.5 Å². The van der Waals surface area contributed by atoms with Crippen LogP contribution in [0.25, 0.3) is 11.0 Å². The van der Waals surface area contributed by atoms with Gasteiger partial charge in [0.05, 0.1) is 6.10 Å². The molecule has 0 saturated heterocycles. The van der Waals surface area contributed by atoms with Crippen molar-refractivity contribution in [2.24, 2.45) is 0 Å². The highest BCUT2D eigenvalue weighted by Gasteiger charge is 2.13. The molecule has 118 valence electrons. The molecule has 2 rings (SSSR count). The minimum atomic E-state index is -0.661. The molecule has 0 aliphatic heterocycles. The van der Waals surface area contributed by atoms with Gasteiger partial charge >= 0.3 is 5.63 Å². The van der Waals surface area contributed by atoms with Gasteiger partial charge in [-0.1, -0.05) is 11.6 Å². The van der Waals surface area contributed by atoms with Gasteiger partial charge in [-0.15, -0.1) is 0 Å². The van der Waals surface area contributed by atoms with Crippen molar-refractivity contribution in [3.63, 3.8) is 0 Å². The Morgan fingerprint density at radius 1 is 1.36 bits per heavy atom. The summed E-state index contributed by atoms with van der Waals surface area (Å²) in [7, 11) is 0. The first-order valence-electron chi connectivity index (χ1n) is 7.10. The van der Waals surface area contributed by atoms with E-state index in [9.17, 15) is 9.59 Å². The fourth-order valence-corrected chi connectivity index (χ4v) is 2.12. The fourth-order valence-electron chi connectivity index (χ4n) is 1.94. The van der Waals surface area contributed by atoms with E-state index in [0.717, 1.165) is 0 Å². The molecule has 1 aromatic heterocycles. The summed E-state index contributed by atoms with van der Waals surface area (Å²) in [5.41, 5.74) is -0.290. The molecule has 22 heavy (non-hydrogen) atoms. The van der Waals surface area contributed by atoms with Gasteiger partial charge in [-0.3, -0.25) is 4.79 Å². The molecule has 0 spiro atoms. The smallest absolute Gasteiger partial charge is 0.349 e. The van der Waals surface area contributed by atoms with Crippen molar-refractivity contribution in [2.45, 2.75) is 26.4 Å². The number of carbonyl (C=O) groups is 1. The molecule has 0 atom stereocenters. The Labute approximate surface area is 133 Å². The van der Waals surface area contributed by atoms with Crippen molar-refractivity contribution in [3.8, 4) is 0 Å². The number of nitrogens with one attached hydrogen (secondary N) is 1. The fraction of sp³-hybridized carbons (Fsp3) is 0.375. The number of fused-ring (bicyclic) bond motifs is 1. The lowest BCUT2D eigenvalue weighted by Crippen LogP contribution is -2.29. The highest BCUT2D eigenvalue weighted by atomic mass is 35.5. The molecule has 1 heterocycles. The number of amides is 1. The number of hydrogen-bond acceptors (Lipinski definition) is 4. The van der Waals surface area contributed by atoms with Gasteiger partial charge in [-0.25, -0.2) is 4.79 Å². The van der Waals surface area contributed by atoms with E-state index in [1.165, 1.54) is 6.07 Å². The van der Waals surface area contributed by atoms with Crippen LogP contribution in [0, 0.1) is 0 Å². The minimum absolute atomic E-state index is 0.0282. The van der Waals surface area contributed by atoms with Crippen LogP contribution in [0.1, 0.15) is 30.6 Å². The average Bonchev–Trinajstić information content (AvgIpc) is 2.46. The van der Waals surface area contributed by atoms with Crippen molar-refractivity contribution in [2.75, 3.05) is 13.2 Å². The molecule has 0 bridgehead atoms. The number of carbonyl (C=O) groups excluding carboxylic acids is 1. The molecule has 0 aliphatic carbocycles. The standard InChI is InChI=1S/C16H18ClNO4/c1-10(2)21-7-3-6-18-15(19)13-9-11-8-12(17)4-5-14(11)22-16(13)20/h4-5,8-10H,3,6-7H2,1-2H3,(H,18,19). The lowest BCUT2D eigenvalue weighted by atomic mass is 10.2. The Balaban J connectivity index is 2.04. The van der Waals surface area contributed by atoms with Crippen molar-refractivity contribution in [3.05, 3.63) is 45.3 Å². The van der Waals surface area contributed by atoms with E-state index in [2.05, 4.69) is 5.32 Å². The summed E-state index contributed by atoms with van der Waals surface area (Å²) in [6.07, 6.45) is 0.835. The molecular weight excluding hydrogens is 306 g/mol. The molecule has 1 amide bonds. The van der Waals surface area contributed by atoms with E-state index < -0.39 is 11.5 Å². The maximum Gasteiger partial charge on any atom is 0.349 e. The maximum absolute atomic E-state index is 12.0. The molecule has 6 heteroatoms. The summed E-state index contributed by atoms with van der Waals surface area (Å²) in [6, 6.07) is 6.37.